The van der Waals surface area contributed by atoms with E-state index in [1.165, 1.54) is 0 Å². The average molecular weight is 299 g/mol. The van der Waals surface area contributed by atoms with Crippen LogP contribution in [0.15, 0.2) is 41.8 Å². The van der Waals surface area contributed by atoms with Gasteiger partial charge in [0.2, 0.25) is 0 Å². The van der Waals surface area contributed by atoms with Crippen LogP contribution in [0.1, 0.15) is 21.1 Å². The number of carboxylic acids is 1. The number of carbonyl (C=O) groups is 1. The summed E-state index contributed by atoms with van der Waals surface area (Å²) in [4.78, 5) is 15.9. The van der Waals surface area contributed by atoms with Gasteiger partial charge in [0.1, 0.15) is 17.9 Å². The third-order valence-electron chi connectivity index (χ3n) is 3.15. The van der Waals surface area contributed by atoms with Crippen LogP contribution in [0, 0.1) is 6.92 Å². The maximum atomic E-state index is 11.6. The molecule has 1 aromatic heterocycles. The van der Waals surface area contributed by atoms with Crippen LogP contribution in [-0.4, -0.2) is 16.1 Å². The zero-order chi connectivity index (χ0) is 14.8. The molecule has 1 heterocycles. The Kier molecular flexibility index (Phi) is 3.58. The van der Waals surface area contributed by atoms with Gasteiger partial charge >= 0.3 is 5.97 Å². The SMILES string of the molecule is Cc1nc(COc2ccc3ccccc3c2C(=O)O)cs1. The number of nitrogens with zero attached hydrogens (tertiary/aromatic N) is 1. The molecule has 0 atom stereocenters. The fourth-order valence-electron chi connectivity index (χ4n) is 2.22. The number of rotatable bonds is 4. The maximum Gasteiger partial charge on any atom is 0.340 e. The van der Waals surface area contributed by atoms with E-state index >= 15 is 0 Å². The fraction of sp³-hybridized carbons (Fsp3) is 0.125. The number of hydrogen-bond donors (Lipinski definition) is 1. The lowest BCUT2D eigenvalue weighted by molar-refractivity contribution is 0.0694. The van der Waals surface area contributed by atoms with Crippen molar-refractivity contribution >= 4 is 28.1 Å². The second kappa shape index (κ2) is 5.54. The van der Waals surface area contributed by atoms with E-state index in [-0.39, 0.29) is 12.2 Å². The molecule has 0 bridgehead atoms. The smallest absolute Gasteiger partial charge is 0.340 e. The molecule has 0 unspecified atom stereocenters. The van der Waals surface area contributed by atoms with E-state index in [0.29, 0.717) is 11.1 Å². The Labute approximate surface area is 125 Å². The van der Waals surface area contributed by atoms with Crippen molar-refractivity contribution in [1.82, 2.24) is 4.98 Å². The van der Waals surface area contributed by atoms with Crippen molar-refractivity contribution in [2.45, 2.75) is 13.5 Å². The number of ether oxygens (including phenoxy) is 1. The highest BCUT2D eigenvalue weighted by Crippen LogP contribution is 2.28. The standard InChI is InChI=1S/C16H13NO3S/c1-10-17-12(9-21-10)8-20-14-7-6-11-4-2-3-5-13(11)15(14)16(18)19/h2-7,9H,8H2,1H3,(H,18,19). The lowest BCUT2D eigenvalue weighted by Crippen LogP contribution is -2.04. The van der Waals surface area contributed by atoms with Crippen LogP contribution >= 0.6 is 11.3 Å². The number of aromatic nitrogens is 1. The number of thiazole rings is 1. The summed E-state index contributed by atoms with van der Waals surface area (Å²) in [7, 11) is 0. The van der Waals surface area contributed by atoms with Gasteiger partial charge in [0.05, 0.1) is 10.7 Å². The molecule has 0 saturated carbocycles. The van der Waals surface area contributed by atoms with Gasteiger partial charge in [-0.15, -0.1) is 11.3 Å². The lowest BCUT2D eigenvalue weighted by atomic mass is 10.0. The molecule has 1 N–H and O–H groups in total. The molecule has 0 spiro atoms. The van der Waals surface area contributed by atoms with Crippen LogP contribution in [0.4, 0.5) is 0 Å². The van der Waals surface area contributed by atoms with Crippen LogP contribution in [0.3, 0.4) is 0 Å². The minimum Gasteiger partial charge on any atom is -0.486 e. The van der Waals surface area contributed by atoms with Gasteiger partial charge in [0.25, 0.3) is 0 Å². The van der Waals surface area contributed by atoms with E-state index < -0.39 is 5.97 Å². The van der Waals surface area contributed by atoms with E-state index in [1.807, 2.05) is 36.6 Å². The van der Waals surface area contributed by atoms with Crippen molar-refractivity contribution < 1.29 is 14.6 Å². The summed E-state index contributed by atoms with van der Waals surface area (Å²) >= 11 is 1.55. The Balaban J connectivity index is 1.97. The molecule has 0 aliphatic heterocycles. The Morgan fingerprint density at radius 3 is 2.81 bits per heavy atom. The van der Waals surface area contributed by atoms with Gasteiger partial charge in [-0.1, -0.05) is 30.3 Å². The Morgan fingerprint density at radius 1 is 1.29 bits per heavy atom. The molecule has 2 aromatic carbocycles. The highest BCUT2D eigenvalue weighted by molar-refractivity contribution is 7.09. The molecular weight excluding hydrogens is 286 g/mol. The summed E-state index contributed by atoms with van der Waals surface area (Å²) in [6, 6.07) is 10.9. The van der Waals surface area contributed by atoms with Crippen molar-refractivity contribution in [1.29, 1.82) is 0 Å². The first kappa shape index (κ1) is 13.6. The molecule has 5 heteroatoms. The molecule has 0 aliphatic rings. The lowest BCUT2D eigenvalue weighted by Gasteiger charge is -2.10. The molecule has 106 valence electrons. The summed E-state index contributed by atoms with van der Waals surface area (Å²) < 4.78 is 5.67. The molecule has 0 radical (unpaired) electrons. The normalized spacial score (nSPS) is 10.7. The Morgan fingerprint density at radius 2 is 2.10 bits per heavy atom. The highest BCUT2D eigenvalue weighted by Gasteiger charge is 2.16. The van der Waals surface area contributed by atoms with E-state index in [4.69, 9.17) is 4.74 Å². The molecular formula is C16H13NO3S. The van der Waals surface area contributed by atoms with Crippen LogP contribution in [0.5, 0.6) is 5.75 Å². The summed E-state index contributed by atoms with van der Waals surface area (Å²) in [6.07, 6.45) is 0. The molecule has 0 fully saturated rings. The van der Waals surface area contributed by atoms with E-state index in [2.05, 4.69) is 4.98 Å². The average Bonchev–Trinajstić information content (AvgIpc) is 2.89. The third-order valence-corrected chi connectivity index (χ3v) is 3.97. The second-order valence-electron chi connectivity index (χ2n) is 4.61. The van der Waals surface area contributed by atoms with Gasteiger partial charge in [0.15, 0.2) is 0 Å². The van der Waals surface area contributed by atoms with Crippen LogP contribution in [0.2, 0.25) is 0 Å². The number of hydrogen-bond acceptors (Lipinski definition) is 4. The first-order valence-corrected chi connectivity index (χ1v) is 7.32. The zero-order valence-corrected chi connectivity index (χ0v) is 12.2. The monoisotopic (exact) mass is 299 g/mol. The first-order valence-electron chi connectivity index (χ1n) is 6.44. The summed E-state index contributed by atoms with van der Waals surface area (Å²) in [5, 5.41) is 13.9. The minimum absolute atomic E-state index is 0.194. The molecule has 3 aromatic rings. The van der Waals surface area contributed by atoms with Crippen LogP contribution in [0.25, 0.3) is 10.8 Å². The number of fused-ring (bicyclic) bond motifs is 1. The third kappa shape index (κ3) is 2.73. The number of aromatic carboxylic acids is 1. The predicted octanol–water partition coefficient (Wildman–Crippen LogP) is 3.88. The van der Waals surface area contributed by atoms with Crippen molar-refractivity contribution in [3.8, 4) is 5.75 Å². The van der Waals surface area contributed by atoms with Crippen molar-refractivity contribution in [2.24, 2.45) is 0 Å². The summed E-state index contributed by atoms with van der Waals surface area (Å²) in [6.45, 7) is 2.19. The predicted molar refractivity (Wildman–Crippen MR) is 82.1 cm³/mol. The largest absolute Gasteiger partial charge is 0.486 e. The van der Waals surface area contributed by atoms with E-state index in [9.17, 15) is 9.90 Å². The summed E-state index contributed by atoms with van der Waals surface area (Å²) in [5.74, 6) is -0.622. The minimum atomic E-state index is -0.990. The van der Waals surface area contributed by atoms with Gasteiger partial charge in [-0.05, 0) is 23.8 Å². The Hall–Kier alpha value is -2.40. The molecule has 3 rings (SSSR count). The van der Waals surface area contributed by atoms with Gasteiger partial charge in [-0.25, -0.2) is 9.78 Å². The topological polar surface area (TPSA) is 59.4 Å². The number of carboxylic acid groups (broad SMARTS) is 1. The number of aryl methyl sites for hydroxylation is 1. The van der Waals surface area contributed by atoms with Gasteiger partial charge < -0.3 is 9.84 Å². The molecule has 0 saturated heterocycles. The van der Waals surface area contributed by atoms with E-state index in [0.717, 1.165) is 16.1 Å². The molecule has 4 nitrogen and oxygen atoms in total. The first-order chi connectivity index (χ1) is 10.1. The van der Waals surface area contributed by atoms with Gasteiger partial charge in [-0.3, -0.25) is 0 Å². The quantitative estimate of drug-likeness (QED) is 0.794. The fourth-order valence-corrected chi connectivity index (χ4v) is 2.82. The van der Waals surface area contributed by atoms with E-state index in [1.54, 1.807) is 23.5 Å². The highest BCUT2D eigenvalue weighted by atomic mass is 32.1. The second-order valence-corrected chi connectivity index (χ2v) is 5.67. The summed E-state index contributed by atoms with van der Waals surface area (Å²) in [5.41, 5.74) is 1.00. The molecule has 21 heavy (non-hydrogen) atoms. The van der Waals surface area contributed by atoms with Crippen molar-refractivity contribution in [3.05, 3.63) is 58.0 Å². The Bertz CT molecular complexity index is 810. The van der Waals surface area contributed by atoms with Crippen LogP contribution in [-0.2, 0) is 6.61 Å². The molecule has 0 aliphatic carbocycles. The van der Waals surface area contributed by atoms with Gasteiger partial charge in [0, 0.05) is 5.38 Å². The maximum absolute atomic E-state index is 11.6. The van der Waals surface area contributed by atoms with Gasteiger partial charge in [-0.2, -0.15) is 0 Å². The van der Waals surface area contributed by atoms with Crippen molar-refractivity contribution in [2.75, 3.05) is 0 Å². The molecule has 0 amide bonds. The van der Waals surface area contributed by atoms with Crippen molar-refractivity contribution in [3.63, 3.8) is 0 Å². The number of benzene rings is 2. The van der Waals surface area contributed by atoms with Crippen LogP contribution < -0.4 is 4.74 Å². The zero-order valence-electron chi connectivity index (χ0n) is 11.4.